The van der Waals surface area contributed by atoms with E-state index in [1.165, 1.54) is 16.4 Å². The first-order valence-electron chi connectivity index (χ1n) is 8.83. The number of benzene rings is 1. The van der Waals surface area contributed by atoms with Crippen LogP contribution >= 0.6 is 0 Å². The average molecular weight is 379 g/mol. The van der Waals surface area contributed by atoms with Gasteiger partial charge in [0.05, 0.1) is 18.1 Å². The lowest BCUT2D eigenvalue weighted by Crippen LogP contribution is -2.48. The number of carbonyl (C=O) groups excluding carboxylic acids is 1. The second-order valence-electron chi connectivity index (χ2n) is 6.42. The lowest BCUT2D eigenvalue weighted by atomic mass is 10.2. The number of ether oxygens (including phenoxy) is 1. The lowest BCUT2D eigenvalue weighted by molar-refractivity contribution is 0.0650. The standard InChI is InChI=1S/C18H25N3O4S/c1-2-7-19-8-10-20(11-9-19)18(22)16-3-5-17(6-4-16)26(23,24)21-12-14-25-15-13-21/h2-6H,1,7-15H2. The summed E-state index contributed by atoms with van der Waals surface area (Å²) in [5, 5.41) is 0. The highest BCUT2D eigenvalue weighted by Gasteiger charge is 2.27. The zero-order chi connectivity index (χ0) is 18.6. The van der Waals surface area contributed by atoms with Gasteiger partial charge in [-0.3, -0.25) is 9.69 Å². The summed E-state index contributed by atoms with van der Waals surface area (Å²) in [4.78, 5) is 16.9. The molecular weight excluding hydrogens is 354 g/mol. The molecule has 0 saturated carbocycles. The van der Waals surface area contributed by atoms with Crippen LogP contribution < -0.4 is 0 Å². The van der Waals surface area contributed by atoms with Gasteiger partial charge in [-0.05, 0) is 24.3 Å². The molecule has 0 radical (unpaired) electrons. The number of morpholine rings is 1. The van der Waals surface area contributed by atoms with Crippen molar-refractivity contribution < 1.29 is 17.9 Å². The predicted octanol–water partition coefficient (Wildman–Crippen LogP) is 0.651. The molecule has 1 amide bonds. The van der Waals surface area contributed by atoms with E-state index in [1.54, 1.807) is 12.1 Å². The van der Waals surface area contributed by atoms with Crippen molar-refractivity contribution in [2.24, 2.45) is 0 Å². The van der Waals surface area contributed by atoms with Crippen LogP contribution in [0.4, 0.5) is 0 Å². The molecular formula is C18H25N3O4S. The summed E-state index contributed by atoms with van der Waals surface area (Å²) in [6, 6.07) is 6.25. The maximum atomic E-state index is 12.6. The topological polar surface area (TPSA) is 70.2 Å². The maximum absolute atomic E-state index is 12.6. The first kappa shape index (κ1) is 19.0. The van der Waals surface area contributed by atoms with Crippen LogP contribution in [0.2, 0.25) is 0 Å². The van der Waals surface area contributed by atoms with E-state index in [-0.39, 0.29) is 10.8 Å². The third kappa shape index (κ3) is 4.15. The van der Waals surface area contributed by atoms with Crippen molar-refractivity contribution in [3.8, 4) is 0 Å². The normalized spacial score (nSPS) is 20.1. The van der Waals surface area contributed by atoms with E-state index in [9.17, 15) is 13.2 Å². The molecule has 0 N–H and O–H groups in total. The number of amides is 1. The van der Waals surface area contributed by atoms with Crippen LogP contribution in [0.25, 0.3) is 0 Å². The lowest BCUT2D eigenvalue weighted by Gasteiger charge is -2.34. The third-order valence-electron chi connectivity index (χ3n) is 4.76. The fourth-order valence-corrected chi connectivity index (χ4v) is 4.61. The molecule has 3 rings (SSSR count). The van der Waals surface area contributed by atoms with E-state index in [0.717, 1.165) is 19.6 Å². The van der Waals surface area contributed by atoms with E-state index >= 15 is 0 Å². The second-order valence-corrected chi connectivity index (χ2v) is 8.36. The van der Waals surface area contributed by atoms with Gasteiger partial charge in [0, 0.05) is 51.4 Å². The Kier molecular flexibility index (Phi) is 6.08. The summed E-state index contributed by atoms with van der Waals surface area (Å²) < 4.78 is 31.9. The van der Waals surface area contributed by atoms with Gasteiger partial charge < -0.3 is 9.64 Å². The number of hydrogen-bond acceptors (Lipinski definition) is 5. The van der Waals surface area contributed by atoms with Crippen LogP contribution in [0.1, 0.15) is 10.4 Å². The molecule has 2 aliphatic heterocycles. The molecule has 142 valence electrons. The Morgan fingerprint density at radius 1 is 1.04 bits per heavy atom. The monoisotopic (exact) mass is 379 g/mol. The van der Waals surface area contributed by atoms with Crippen LogP contribution in [-0.4, -0.2) is 87.5 Å². The number of rotatable bonds is 5. The third-order valence-corrected chi connectivity index (χ3v) is 6.67. The van der Waals surface area contributed by atoms with Gasteiger partial charge in [0.1, 0.15) is 0 Å². The van der Waals surface area contributed by atoms with Crippen LogP contribution in [0.15, 0.2) is 41.8 Å². The van der Waals surface area contributed by atoms with Crippen LogP contribution in [0.5, 0.6) is 0 Å². The zero-order valence-corrected chi connectivity index (χ0v) is 15.7. The van der Waals surface area contributed by atoms with E-state index < -0.39 is 10.0 Å². The van der Waals surface area contributed by atoms with Gasteiger partial charge in [0.2, 0.25) is 10.0 Å². The maximum Gasteiger partial charge on any atom is 0.253 e. The van der Waals surface area contributed by atoms with E-state index in [0.29, 0.717) is 45.0 Å². The van der Waals surface area contributed by atoms with E-state index in [4.69, 9.17) is 4.74 Å². The Hall–Kier alpha value is -1.74. The summed E-state index contributed by atoms with van der Waals surface area (Å²) in [7, 11) is -3.53. The molecule has 2 aliphatic rings. The number of sulfonamides is 1. The van der Waals surface area contributed by atoms with Crippen molar-refractivity contribution >= 4 is 15.9 Å². The van der Waals surface area contributed by atoms with Gasteiger partial charge in [0.15, 0.2) is 0 Å². The van der Waals surface area contributed by atoms with E-state index in [2.05, 4.69) is 11.5 Å². The summed E-state index contributed by atoms with van der Waals surface area (Å²) in [6.45, 7) is 9.08. The molecule has 2 fully saturated rings. The van der Waals surface area contributed by atoms with Crippen molar-refractivity contribution in [1.82, 2.24) is 14.1 Å². The molecule has 0 aromatic heterocycles. The average Bonchev–Trinajstić information content (AvgIpc) is 2.69. The smallest absolute Gasteiger partial charge is 0.253 e. The second kappa shape index (κ2) is 8.30. The Balaban J connectivity index is 1.65. The SMILES string of the molecule is C=CCN1CCN(C(=O)c2ccc(S(=O)(=O)N3CCOCC3)cc2)CC1. The van der Waals surface area contributed by atoms with Crippen LogP contribution in [-0.2, 0) is 14.8 Å². The Labute approximate surface area is 154 Å². The minimum atomic E-state index is -3.53. The molecule has 0 bridgehead atoms. The minimum absolute atomic E-state index is 0.0569. The van der Waals surface area contributed by atoms with Crippen molar-refractivity contribution in [3.05, 3.63) is 42.5 Å². The molecule has 1 aromatic carbocycles. The van der Waals surface area contributed by atoms with Gasteiger partial charge in [-0.15, -0.1) is 6.58 Å². The van der Waals surface area contributed by atoms with Crippen LogP contribution in [0, 0.1) is 0 Å². The summed E-state index contributed by atoms with van der Waals surface area (Å²) >= 11 is 0. The zero-order valence-electron chi connectivity index (χ0n) is 14.8. The largest absolute Gasteiger partial charge is 0.379 e. The molecule has 0 atom stereocenters. The van der Waals surface area contributed by atoms with Gasteiger partial charge in [-0.1, -0.05) is 6.08 Å². The first-order valence-corrected chi connectivity index (χ1v) is 10.3. The van der Waals surface area contributed by atoms with Gasteiger partial charge in [-0.25, -0.2) is 8.42 Å². The highest BCUT2D eigenvalue weighted by molar-refractivity contribution is 7.89. The highest BCUT2D eigenvalue weighted by Crippen LogP contribution is 2.18. The summed E-state index contributed by atoms with van der Waals surface area (Å²) in [6.07, 6.45) is 1.87. The number of hydrogen-bond donors (Lipinski definition) is 0. The summed E-state index contributed by atoms with van der Waals surface area (Å²) in [5.41, 5.74) is 0.517. The van der Waals surface area contributed by atoms with Crippen molar-refractivity contribution in [1.29, 1.82) is 0 Å². The Morgan fingerprint density at radius 2 is 1.65 bits per heavy atom. The van der Waals surface area contributed by atoms with Gasteiger partial charge in [0.25, 0.3) is 5.91 Å². The molecule has 7 nitrogen and oxygen atoms in total. The predicted molar refractivity (Wildman–Crippen MR) is 98.6 cm³/mol. The summed E-state index contributed by atoms with van der Waals surface area (Å²) in [5.74, 6) is -0.0569. The Bertz CT molecular complexity index is 734. The molecule has 2 heterocycles. The van der Waals surface area contributed by atoms with Crippen LogP contribution in [0.3, 0.4) is 0 Å². The Morgan fingerprint density at radius 3 is 2.23 bits per heavy atom. The quantitative estimate of drug-likeness (QED) is 0.703. The van der Waals surface area contributed by atoms with Crippen molar-refractivity contribution in [3.63, 3.8) is 0 Å². The molecule has 0 unspecified atom stereocenters. The van der Waals surface area contributed by atoms with E-state index in [1.807, 2.05) is 11.0 Å². The van der Waals surface area contributed by atoms with Crippen molar-refractivity contribution in [2.75, 3.05) is 59.0 Å². The fraction of sp³-hybridized carbons (Fsp3) is 0.500. The highest BCUT2D eigenvalue weighted by atomic mass is 32.2. The fourth-order valence-electron chi connectivity index (χ4n) is 3.20. The molecule has 26 heavy (non-hydrogen) atoms. The molecule has 0 spiro atoms. The molecule has 8 heteroatoms. The van der Waals surface area contributed by atoms with Gasteiger partial charge in [-0.2, -0.15) is 4.31 Å². The molecule has 0 aliphatic carbocycles. The van der Waals surface area contributed by atoms with Crippen molar-refractivity contribution in [2.45, 2.75) is 4.90 Å². The molecule has 2 saturated heterocycles. The number of nitrogens with zero attached hydrogens (tertiary/aromatic N) is 3. The number of carbonyl (C=O) groups is 1. The minimum Gasteiger partial charge on any atom is -0.379 e. The first-order chi connectivity index (χ1) is 12.5. The molecule has 1 aromatic rings. The van der Waals surface area contributed by atoms with Gasteiger partial charge >= 0.3 is 0 Å². The number of piperazine rings is 1.